The summed E-state index contributed by atoms with van der Waals surface area (Å²) in [6.07, 6.45) is -0.393. The van der Waals surface area contributed by atoms with Gasteiger partial charge in [-0.05, 0) is 12.0 Å². The van der Waals surface area contributed by atoms with Gasteiger partial charge in [0.15, 0.2) is 0 Å². The van der Waals surface area contributed by atoms with Gasteiger partial charge in [0.2, 0.25) is 0 Å². The number of carbonyl (C=O) groups excluding carboxylic acids is 1. The zero-order valence-corrected chi connectivity index (χ0v) is 12.0. The minimum absolute atomic E-state index is 0.130. The average molecular weight is 295 g/mol. The van der Waals surface area contributed by atoms with Crippen molar-refractivity contribution in [2.24, 2.45) is 0 Å². The third-order valence-corrected chi connectivity index (χ3v) is 3.19. The molecule has 5 nitrogen and oxygen atoms in total. The zero-order chi connectivity index (χ0) is 15.0. The molecule has 0 saturated carbocycles. The van der Waals surface area contributed by atoms with Gasteiger partial charge in [-0.1, -0.05) is 49.5 Å². The summed E-state index contributed by atoms with van der Waals surface area (Å²) in [4.78, 5) is 22.9. The van der Waals surface area contributed by atoms with Crippen molar-refractivity contribution < 1.29 is 19.4 Å². The number of thiocarbonyl (C=S) groups is 1. The van der Waals surface area contributed by atoms with Gasteiger partial charge >= 0.3 is 12.1 Å². The lowest BCUT2D eigenvalue weighted by Gasteiger charge is -2.17. The Kier molecular flexibility index (Phi) is 6.66. The van der Waals surface area contributed by atoms with Crippen LogP contribution in [0.4, 0.5) is 4.79 Å². The number of carboxylic acid groups (broad SMARTS) is 1. The van der Waals surface area contributed by atoms with Crippen LogP contribution >= 0.6 is 12.2 Å². The first-order valence-electron chi connectivity index (χ1n) is 6.24. The number of hydrogen-bond donors (Lipinski definition) is 2. The maximum absolute atomic E-state index is 11.6. The van der Waals surface area contributed by atoms with E-state index in [1.807, 2.05) is 37.3 Å². The van der Waals surface area contributed by atoms with E-state index in [2.05, 4.69) is 5.32 Å². The van der Waals surface area contributed by atoms with Crippen LogP contribution in [0.15, 0.2) is 30.3 Å². The lowest BCUT2D eigenvalue weighted by atomic mass is 10.1. The molecule has 0 fully saturated rings. The van der Waals surface area contributed by atoms with E-state index in [0.29, 0.717) is 11.3 Å². The summed E-state index contributed by atoms with van der Waals surface area (Å²) in [5.74, 6) is -1.02. The minimum atomic E-state index is -1.02. The number of ether oxygens (including phenoxy) is 1. The van der Waals surface area contributed by atoms with Gasteiger partial charge in [-0.2, -0.15) is 0 Å². The molecule has 0 aromatic heterocycles. The molecule has 20 heavy (non-hydrogen) atoms. The number of benzene rings is 1. The van der Waals surface area contributed by atoms with Crippen LogP contribution in [0.2, 0.25) is 0 Å². The summed E-state index contributed by atoms with van der Waals surface area (Å²) in [7, 11) is 0. The van der Waals surface area contributed by atoms with Gasteiger partial charge in [0.1, 0.15) is 6.61 Å². The number of carboxylic acids is 1. The van der Waals surface area contributed by atoms with Gasteiger partial charge in [0.25, 0.3) is 0 Å². The predicted octanol–water partition coefficient (Wildman–Crippen LogP) is 2.54. The van der Waals surface area contributed by atoms with E-state index >= 15 is 0 Å². The number of alkyl carbamates (subject to hydrolysis) is 1. The highest BCUT2D eigenvalue weighted by Crippen LogP contribution is 2.04. The highest BCUT2D eigenvalue weighted by atomic mass is 32.1. The predicted molar refractivity (Wildman–Crippen MR) is 78.7 cm³/mol. The van der Waals surface area contributed by atoms with E-state index in [-0.39, 0.29) is 13.0 Å². The van der Waals surface area contributed by atoms with Gasteiger partial charge in [-0.15, -0.1) is 0 Å². The summed E-state index contributed by atoms with van der Waals surface area (Å²) < 4.78 is 5.03. The molecule has 1 aromatic rings. The van der Waals surface area contributed by atoms with Crippen LogP contribution in [0.5, 0.6) is 0 Å². The molecule has 0 saturated heterocycles. The van der Waals surface area contributed by atoms with Crippen LogP contribution in [-0.2, 0) is 16.1 Å². The number of amides is 1. The molecular weight excluding hydrogens is 278 g/mol. The Labute approximate surface area is 122 Å². The second kappa shape index (κ2) is 8.27. The van der Waals surface area contributed by atoms with Crippen LogP contribution < -0.4 is 5.32 Å². The Hall–Kier alpha value is -1.95. The van der Waals surface area contributed by atoms with E-state index < -0.39 is 18.1 Å². The third kappa shape index (κ3) is 5.79. The van der Waals surface area contributed by atoms with Crippen LogP contribution in [0, 0.1) is 0 Å². The molecular formula is C14H17NO4S. The van der Waals surface area contributed by atoms with E-state index in [4.69, 9.17) is 22.1 Å². The Morgan fingerprint density at radius 1 is 1.35 bits per heavy atom. The van der Waals surface area contributed by atoms with Crippen LogP contribution in [0.25, 0.3) is 0 Å². The minimum Gasteiger partial charge on any atom is -0.481 e. The monoisotopic (exact) mass is 295 g/mol. The van der Waals surface area contributed by atoms with E-state index in [0.717, 1.165) is 5.56 Å². The molecule has 0 spiro atoms. The summed E-state index contributed by atoms with van der Waals surface area (Å²) in [5, 5.41) is 11.3. The molecule has 2 N–H and O–H groups in total. The maximum Gasteiger partial charge on any atom is 0.407 e. The molecule has 1 amide bonds. The molecule has 1 rings (SSSR count). The molecule has 0 heterocycles. The van der Waals surface area contributed by atoms with Gasteiger partial charge in [0, 0.05) is 4.86 Å². The normalized spacial score (nSPS) is 11.4. The Morgan fingerprint density at radius 2 is 2.00 bits per heavy atom. The van der Waals surface area contributed by atoms with E-state index in [9.17, 15) is 9.59 Å². The van der Waals surface area contributed by atoms with Gasteiger partial charge in [-0.25, -0.2) is 4.79 Å². The molecule has 0 aliphatic rings. The van der Waals surface area contributed by atoms with Crippen molar-refractivity contribution in [2.45, 2.75) is 32.4 Å². The largest absolute Gasteiger partial charge is 0.481 e. The molecule has 108 valence electrons. The first kappa shape index (κ1) is 16.1. The average Bonchev–Trinajstić information content (AvgIpc) is 2.44. The van der Waals surface area contributed by atoms with Gasteiger partial charge in [0.05, 0.1) is 12.5 Å². The third-order valence-electron chi connectivity index (χ3n) is 2.62. The second-order valence-electron chi connectivity index (χ2n) is 4.18. The van der Waals surface area contributed by atoms with Crippen molar-refractivity contribution in [3.05, 3.63) is 35.9 Å². The Bertz CT molecular complexity index is 475. The highest BCUT2D eigenvalue weighted by Gasteiger charge is 2.19. The van der Waals surface area contributed by atoms with Crippen LogP contribution in [0.3, 0.4) is 0 Å². The lowest BCUT2D eigenvalue weighted by Crippen LogP contribution is -2.41. The highest BCUT2D eigenvalue weighted by molar-refractivity contribution is 7.80. The first-order chi connectivity index (χ1) is 9.52. The van der Waals surface area contributed by atoms with E-state index in [1.54, 1.807) is 0 Å². The zero-order valence-electron chi connectivity index (χ0n) is 11.2. The molecule has 0 bridgehead atoms. The molecule has 0 unspecified atom stereocenters. The first-order valence-corrected chi connectivity index (χ1v) is 6.65. The summed E-state index contributed by atoms with van der Waals surface area (Å²) >= 11 is 5.06. The van der Waals surface area contributed by atoms with Crippen molar-refractivity contribution in [3.8, 4) is 0 Å². The van der Waals surface area contributed by atoms with Crippen molar-refractivity contribution in [1.82, 2.24) is 5.32 Å². The Balaban J connectivity index is 2.49. The molecule has 0 aliphatic heterocycles. The number of hydrogen-bond acceptors (Lipinski definition) is 4. The molecule has 6 heteroatoms. The molecule has 1 aromatic carbocycles. The smallest absolute Gasteiger partial charge is 0.407 e. The fourth-order valence-corrected chi connectivity index (χ4v) is 1.72. The Morgan fingerprint density at radius 3 is 2.55 bits per heavy atom. The maximum atomic E-state index is 11.6. The number of aliphatic carboxylic acids is 1. The van der Waals surface area contributed by atoms with Gasteiger partial charge in [-0.3, -0.25) is 4.79 Å². The summed E-state index contributed by atoms with van der Waals surface area (Å²) in [5.41, 5.74) is 0.857. The molecule has 0 aliphatic carbocycles. The van der Waals surface area contributed by atoms with Crippen molar-refractivity contribution in [2.75, 3.05) is 0 Å². The summed E-state index contributed by atoms with van der Waals surface area (Å²) in [6.45, 7) is 1.94. The fraction of sp³-hybridized carbons (Fsp3) is 0.357. The second-order valence-corrected chi connectivity index (χ2v) is 4.70. The van der Waals surface area contributed by atoms with Crippen molar-refractivity contribution in [1.29, 1.82) is 0 Å². The van der Waals surface area contributed by atoms with E-state index in [1.165, 1.54) is 0 Å². The molecule has 1 atom stereocenters. The van der Waals surface area contributed by atoms with Crippen molar-refractivity contribution >= 4 is 29.1 Å². The summed E-state index contributed by atoms with van der Waals surface area (Å²) in [6, 6.07) is 8.53. The lowest BCUT2D eigenvalue weighted by molar-refractivity contribution is -0.137. The topological polar surface area (TPSA) is 75.6 Å². The van der Waals surface area contributed by atoms with Crippen LogP contribution in [-0.4, -0.2) is 28.1 Å². The van der Waals surface area contributed by atoms with Gasteiger partial charge < -0.3 is 15.2 Å². The number of carbonyl (C=O) groups is 2. The standard InChI is InChI=1S/C14H17NO4S/c1-2-12(20)11(8-13(16)17)15-14(18)19-9-10-6-4-3-5-7-10/h3-7,11H,2,8-9H2,1H3,(H,15,18)(H,16,17)/t11-/m0/s1. The SMILES string of the molecule is CCC(=S)[C@H](CC(=O)O)NC(=O)OCc1ccccc1. The quantitative estimate of drug-likeness (QED) is 0.756. The fourth-order valence-electron chi connectivity index (χ4n) is 1.57. The van der Waals surface area contributed by atoms with Crippen LogP contribution in [0.1, 0.15) is 25.3 Å². The molecule has 0 radical (unpaired) electrons. The number of rotatable bonds is 7. The van der Waals surface area contributed by atoms with Crippen molar-refractivity contribution in [3.63, 3.8) is 0 Å². The number of nitrogens with one attached hydrogen (secondary N) is 1.